The molecule has 0 radical (unpaired) electrons. The van der Waals surface area contributed by atoms with Gasteiger partial charge in [0.15, 0.2) is 0 Å². The fraction of sp³-hybridized carbons (Fsp3) is 0.400. The predicted octanol–water partition coefficient (Wildman–Crippen LogP) is 7.87. The molecule has 0 saturated heterocycles. The molecule has 176 valence electrons. The molecule has 1 aliphatic carbocycles. The minimum absolute atomic E-state index is 0.157. The first-order valence-corrected chi connectivity index (χ1v) is 10.8. The Morgan fingerprint density at radius 1 is 0.970 bits per heavy atom. The molecule has 0 spiro atoms. The van der Waals surface area contributed by atoms with E-state index in [2.05, 4.69) is 23.8 Å². The van der Waals surface area contributed by atoms with Gasteiger partial charge in [0.25, 0.3) is 0 Å². The van der Waals surface area contributed by atoms with Gasteiger partial charge in [0.1, 0.15) is 46.2 Å². The predicted molar refractivity (Wildman–Crippen MR) is 111 cm³/mol. The van der Waals surface area contributed by atoms with E-state index >= 15 is 0 Å². The van der Waals surface area contributed by atoms with Crippen molar-refractivity contribution in [2.75, 3.05) is 0 Å². The van der Waals surface area contributed by atoms with Gasteiger partial charge >= 0.3 is 6.11 Å². The van der Waals surface area contributed by atoms with Crippen LogP contribution in [0.15, 0.2) is 36.4 Å². The van der Waals surface area contributed by atoms with Gasteiger partial charge < -0.3 is 4.74 Å². The number of alkyl halides is 2. The first kappa shape index (κ1) is 24.7. The number of halogens is 6. The maximum Gasteiger partial charge on any atom is 0.432 e. The summed E-state index contributed by atoms with van der Waals surface area (Å²) in [7, 11) is 0. The van der Waals surface area contributed by atoms with E-state index in [1.54, 1.807) is 0 Å². The van der Waals surface area contributed by atoms with Crippen molar-refractivity contribution in [3.8, 4) is 11.8 Å². The molecule has 1 fully saturated rings. The molecule has 3 rings (SSSR count). The van der Waals surface area contributed by atoms with Crippen molar-refractivity contribution in [3.63, 3.8) is 0 Å². The highest BCUT2D eigenvalue weighted by Gasteiger charge is 2.42. The van der Waals surface area contributed by atoms with Crippen LogP contribution in [0.1, 0.15) is 68.1 Å². The van der Waals surface area contributed by atoms with Crippen molar-refractivity contribution < 1.29 is 31.1 Å². The Morgan fingerprint density at radius 3 is 2.06 bits per heavy atom. The molecule has 0 amide bonds. The normalized spacial score (nSPS) is 19.0. The molecule has 2 aromatic rings. The topological polar surface area (TPSA) is 33.0 Å². The van der Waals surface area contributed by atoms with E-state index in [4.69, 9.17) is 5.26 Å². The van der Waals surface area contributed by atoms with Gasteiger partial charge in [-0.25, -0.2) is 17.6 Å². The average molecular weight is 467 g/mol. The lowest BCUT2D eigenvalue weighted by atomic mass is 9.78. The molecule has 1 aliphatic rings. The molecular weight excluding hydrogens is 444 g/mol. The molecule has 1 saturated carbocycles. The Balaban J connectivity index is 1.78. The van der Waals surface area contributed by atoms with Crippen LogP contribution in [0.3, 0.4) is 0 Å². The summed E-state index contributed by atoms with van der Waals surface area (Å²) in [4.78, 5) is 0. The summed E-state index contributed by atoms with van der Waals surface area (Å²) in [5.41, 5.74) is -2.34. The van der Waals surface area contributed by atoms with Gasteiger partial charge in [0.2, 0.25) is 0 Å². The Hall–Kier alpha value is -2.95. The van der Waals surface area contributed by atoms with Crippen molar-refractivity contribution in [1.82, 2.24) is 0 Å². The number of benzene rings is 2. The maximum atomic E-state index is 14.6. The van der Waals surface area contributed by atoms with E-state index in [0.717, 1.165) is 37.8 Å². The third kappa shape index (κ3) is 5.70. The second-order valence-electron chi connectivity index (χ2n) is 8.18. The van der Waals surface area contributed by atoms with Gasteiger partial charge in [-0.1, -0.05) is 25.5 Å². The third-order valence-electron chi connectivity index (χ3n) is 5.84. The molecule has 0 atom stereocenters. The number of nitriles is 1. The monoisotopic (exact) mass is 467 g/mol. The fourth-order valence-electron chi connectivity index (χ4n) is 4.12. The van der Waals surface area contributed by atoms with Gasteiger partial charge in [0, 0.05) is 12.1 Å². The second kappa shape index (κ2) is 10.3. The van der Waals surface area contributed by atoms with Gasteiger partial charge in [0.05, 0.1) is 0 Å². The Labute approximate surface area is 188 Å². The smallest absolute Gasteiger partial charge is 0.429 e. The van der Waals surface area contributed by atoms with Crippen LogP contribution in [0.5, 0.6) is 5.75 Å². The van der Waals surface area contributed by atoms with Crippen molar-refractivity contribution in [2.24, 2.45) is 5.92 Å². The Morgan fingerprint density at radius 2 is 1.55 bits per heavy atom. The van der Waals surface area contributed by atoms with Crippen LogP contribution in [-0.2, 0) is 6.11 Å². The first-order valence-electron chi connectivity index (χ1n) is 10.8. The van der Waals surface area contributed by atoms with Crippen LogP contribution < -0.4 is 4.74 Å². The van der Waals surface area contributed by atoms with Gasteiger partial charge in [-0.2, -0.15) is 14.0 Å². The number of hydrogen-bond acceptors (Lipinski definition) is 2. The summed E-state index contributed by atoms with van der Waals surface area (Å²) in [6.07, 6.45) is 4.84. The number of rotatable bonds is 7. The van der Waals surface area contributed by atoms with Gasteiger partial charge in [-0.15, -0.1) is 0 Å². The molecule has 0 bridgehead atoms. The largest absolute Gasteiger partial charge is 0.432 e. The molecule has 0 unspecified atom stereocenters. The van der Waals surface area contributed by atoms with Crippen molar-refractivity contribution in [1.29, 1.82) is 5.26 Å². The van der Waals surface area contributed by atoms with Gasteiger partial charge in [-0.05, 0) is 61.6 Å². The van der Waals surface area contributed by atoms with Crippen LogP contribution in [0.4, 0.5) is 26.3 Å². The lowest BCUT2D eigenvalue weighted by molar-refractivity contribution is -0.189. The van der Waals surface area contributed by atoms with Crippen LogP contribution in [0.2, 0.25) is 0 Å². The molecule has 2 aromatic carbocycles. The average Bonchev–Trinajstić information content (AvgIpc) is 2.73. The SMILES string of the molecule is CCC/C=C\[C@H]1CC[C@H](c2cc(F)c(C(F)(F)Oc3cc(F)c(C#N)c(F)c3)c(F)c2)CC1. The van der Waals surface area contributed by atoms with E-state index in [0.29, 0.717) is 30.9 Å². The summed E-state index contributed by atoms with van der Waals surface area (Å²) in [5.74, 6) is -6.64. The quantitative estimate of drug-likeness (QED) is 0.307. The number of unbranched alkanes of at least 4 members (excludes halogenated alkanes) is 1. The van der Waals surface area contributed by atoms with E-state index in [9.17, 15) is 26.3 Å². The van der Waals surface area contributed by atoms with Crippen LogP contribution in [0, 0.1) is 40.5 Å². The summed E-state index contributed by atoms with van der Waals surface area (Å²) in [5, 5.41) is 8.65. The molecule has 0 aromatic heterocycles. The number of nitrogens with zero attached hydrogens (tertiary/aromatic N) is 1. The molecule has 0 aliphatic heterocycles. The first-order chi connectivity index (χ1) is 15.7. The summed E-state index contributed by atoms with van der Waals surface area (Å²) in [6, 6.07) is 3.69. The zero-order valence-corrected chi connectivity index (χ0v) is 18.0. The molecule has 2 nitrogen and oxygen atoms in total. The van der Waals surface area contributed by atoms with Crippen LogP contribution in [0.25, 0.3) is 0 Å². The van der Waals surface area contributed by atoms with E-state index in [1.807, 2.05) is 0 Å². The second-order valence-corrected chi connectivity index (χ2v) is 8.18. The summed E-state index contributed by atoms with van der Waals surface area (Å²) >= 11 is 0. The molecule has 33 heavy (non-hydrogen) atoms. The molecule has 0 N–H and O–H groups in total. The maximum absolute atomic E-state index is 14.6. The standard InChI is InChI=1S/C25H23F6NO/c1-2-3-4-5-15-6-8-16(9-7-15)17-10-22(28)24(23(29)11-17)25(30,31)33-18-12-20(26)19(14-32)21(27)13-18/h4-5,10-13,15-16H,2-3,6-9H2,1H3/b5-4-/t15-,16-. The van der Waals surface area contributed by atoms with E-state index in [1.165, 1.54) is 6.07 Å². The number of ether oxygens (including phenoxy) is 1. The van der Waals surface area contributed by atoms with Crippen molar-refractivity contribution in [3.05, 3.63) is 76.4 Å². The number of allylic oxidation sites excluding steroid dienone is 2. The Bertz CT molecular complexity index is 1020. The fourth-order valence-corrected chi connectivity index (χ4v) is 4.12. The van der Waals surface area contributed by atoms with Gasteiger partial charge in [-0.3, -0.25) is 0 Å². The Kier molecular flexibility index (Phi) is 7.72. The molecule has 0 heterocycles. The van der Waals surface area contributed by atoms with E-state index in [-0.39, 0.29) is 11.5 Å². The lowest BCUT2D eigenvalue weighted by Crippen LogP contribution is -2.26. The van der Waals surface area contributed by atoms with Crippen molar-refractivity contribution >= 4 is 0 Å². The minimum atomic E-state index is -4.54. The highest BCUT2D eigenvalue weighted by atomic mass is 19.3. The molecular formula is C25H23F6NO. The third-order valence-corrected chi connectivity index (χ3v) is 5.84. The zero-order valence-electron chi connectivity index (χ0n) is 18.0. The summed E-state index contributed by atoms with van der Waals surface area (Å²) < 4.78 is 90.0. The zero-order chi connectivity index (χ0) is 24.2. The highest BCUT2D eigenvalue weighted by molar-refractivity contribution is 5.39. The molecule has 8 heteroatoms. The lowest BCUT2D eigenvalue weighted by Gasteiger charge is -2.28. The minimum Gasteiger partial charge on any atom is -0.429 e. The van der Waals surface area contributed by atoms with Crippen LogP contribution >= 0.6 is 0 Å². The van der Waals surface area contributed by atoms with Crippen LogP contribution in [-0.4, -0.2) is 0 Å². The summed E-state index contributed by atoms with van der Waals surface area (Å²) in [6.45, 7) is 2.09. The highest BCUT2D eigenvalue weighted by Crippen LogP contribution is 2.40. The van der Waals surface area contributed by atoms with E-state index < -0.39 is 46.3 Å². The number of hydrogen-bond donors (Lipinski definition) is 0. The van der Waals surface area contributed by atoms with Crippen molar-refractivity contribution in [2.45, 2.75) is 57.5 Å².